The number of hydrogen-bond donors (Lipinski definition) is 1. The molecule has 1 saturated heterocycles. The van der Waals surface area contributed by atoms with Gasteiger partial charge in [-0.2, -0.15) is 0 Å². The van der Waals surface area contributed by atoms with Crippen molar-refractivity contribution < 1.29 is 14.3 Å². The Morgan fingerprint density at radius 2 is 1.93 bits per heavy atom. The highest BCUT2D eigenvalue weighted by Gasteiger charge is 2.29. The number of hydrogen-bond acceptors (Lipinski definition) is 4. The van der Waals surface area contributed by atoms with Gasteiger partial charge in [0.1, 0.15) is 5.60 Å². The van der Waals surface area contributed by atoms with E-state index < -0.39 is 5.60 Å². The van der Waals surface area contributed by atoms with Gasteiger partial charge in [-0.15, -0.1) is 11.3 Å². The van der Waals surface area contributed by atoms with E-state index in [1.807, 2.05) is 32.9 Å². The smallest absolute Gasteiger partial charge is 0.410 e. The minimum Gasteiger partial charge on any atom is -0.444 e. The first-order valence-corrected chi connectivity index (χ1v) is 11.7. The van der Waals surface area contributed by atoms with Gasteiger partial charge >= 0.3 is 6.09 Å². The van der Waals surface area contributed by atoms with E-state index in [9.17, 15) is 9.59 Å². The summed E-state index contributed by atoms with van der Waals surface area (Å²) in [6.45, 7) is 11.5. The lowest BCUT2D eigenvalue weighted by Crippen LogP contribution is -2.43. The van der Waals surface area contributed by atoms with Crippen molar-refractivity contribution in [2.24, 2.45) is 11.8 Å². The summed E-state index contributed by atoms with van der Waals surface area (Å²) in [5.74, 6) is 1.03. The molecule has 2 rings (SSSR count). The number of amides is 2. The van der Waals surface area contributed by atoms with Gasteiger partial charge in [0.2, 0.25) is 0 Å². The Morgan fingerprint density at radius 1 is 1.29 bits per heavy atom. The molecular weight excluding hydrogens is 440 g/mol. The molecular formula is C21H33BrN2O3S. The van der Waals surface area contributed by atoms with Gasteiger partial charge in [0, 0.05) is 19.1 Å². The summed E-state index contributed by atoms with van der Waals surface area (Å²) in [6.07, 6.45) is 3.60. The Bertz CT molecular complexity index is 661. The fourth-order valence-corrected chi connectivity index (χ4v) is 4.85. The maximum atomic E-state index is 12.6. The van der Waals surface area contributed by atoms with Crippen LogP contribution < -0.4 is 5.32 Å². The molecule has 0 radical (unpaired) electrons. The van der Waals surface area contributed by atoms with Crippen molar-refractivity contribution in [1.82, 2.24) is 10.2 Å². The van der Waals surface area contributed by atoms with Crippen LogP contribution >= 0.6 is 27.3 Å². The van der Waals surface area contributed by atoms with Crippen molar-refractivity contribution in [3.05, 3.63) is 20.8 Å². The van der Waals surface area contributed by atoms with Crippen LogP contribution in [0.4, 0.5) is 4.79 Å². The van der Waals surface area contributed by atoms with E-state index >= 15 is 0 Å². The number of thiophene rings is 1. The zero-order valence-corrected chi connectivity index (χ0v) is 20.0. The minimum absolute atomic E-state index is 0.00698. The van der Waals surface area contributed by atoms with Crippen LogP contribution in [-0.2, 0) is 4.74 Å². The lowest BCUT2D eigenvalue weighted by atomic mass is 9.87. The van der Waals surface area contributed by atoms with Crippen molar-refractivity contribution in [3.8, 4) is 0 Å². The van der Waals surface area contributed by atoms with Gasteiger partial charge < -0.3 is 15.0 Å². The van der Waals surface area contributed by atoms with Crippen LogP contribution in [0.2, 0.25) is 0 Å². The largest absolute Gasteiger partial charge is 0.444 e. The average molecular weight is 473 g/mol. The number of carbonyl (C=O) groups is 2. The second-order valence-electron chi connectivity index (χ2n) is 9.05. The normalized spacial score (nSPS) is 16.9. The number of likely N-dealkylation sites (tertiary alicyclic amines) is 1. The quantitative estimate of drug-likeness (QED) is 0.577. The molecule has 0 saturated carbocycles. The highest BCUT2D eigenvalue weighted by molar-refractivity contribution is 9.11. The molecule has 1 N–H and O–H groups in total. The second-order valence-corrected chi connectivity index (χ2v) is 11.5. The maximum absolute atomic E-state index is 12.6. The average Bonchev–Trinajstić information content (AvgIpc) is 3.00. The molecule has 1 aromatic rings. The fraction of sp³-hybridized carbons (Fsp3) is 0.714. The van der Waals surface area contributed by atoms with Gasteiger partial charge in [-0.3, -0.25) is 4.79 Å². The molecule has 1 atom stereocenters. The molecule has 0 aliphatic carbocycles. The topological polar surface area (TPSA) is 58.6 Å². The van der Waals surface area contributed by atoms with Crippen LogP contribution in [0.1, 0.15) is 70.0 Å². The zero-order valence-electron chi connectivity index (χ0n) is 17.6. The molecule has 1 aromatic heterocycles. The van der Waals surface area contributed by atoms with Gasteiger partial charge in [0.15, 0.2) is 0 Å². The lowest BCUT2D eigenvalue weighted by molar-refractivity contribution is 0.0177. The Kier molecular flexibility index (Phi) is 8.37. The third-order valence-corrected chi connectivity index (χ3v) is 6.39. The number of halogens is 1. The number of nitrogens with one attached hydrogen (secondary N) is 1. The number of piperidine rings is 1. The summed E-state index contributed by atoms with van der Waals surface area (Å²) in [5.41, 5.74) is -0.461. The number of rotatable bonds is 6. The number of carbonyl (C=O) groups excluding carboxylic acids is 2. The van der Waals surface area contributed by atoms with Gasteiger partial charge in [-0.05, 0) is 86.4 Å². The minimum atomic E-state index is -0.461. The van der Waals surface area contributed by atoms with E-state index in [1.54, 1.807) is 4.90 Å². The van der Waals surface area contributed by atoms with Gasteiger partial charge in [0.05, 0.1) is 8.66 Å². The predicted molar refractivity (Wildman–Crippen MR) is 118 cm³/mol. The van der Waals surface area contributed by atoms with Crippen molar-refractivity contribution >= 4 is 39.3 Å². The SMILES string of the molecule is CC(C)CC(CC1CCN(C(=O)OC(C)(C)C)CC1)NC(=O)c1ccc(Br)s1. The summed E-state index contributed by atoms with van der Waals surface area (Å²) < 4.78 is 6.44. The Balaban J connectivity index is 1.87. The number of nitrogens with zero attached hydrogens (tertiary/aromatic N) is 1. The van der Waals surface area contributed by atoms with Gasteiger partial charge in [-0.1, -0.05) is 13.8 Å². The highest BCUT2D eigenvalue weighted by atomic mass is 79.9. The van der Waals surface area contributed by atoms with Gasteiger partial charge in [-0.25, -0.2) is 4.79 Å². The summed E-state index contributed by atoms with van der Waals surface area (Å²) in [5, 5.41) is 3.24. The molecule has 1 aliphatic heterocycles. The maximum Gasteiger partial charge on any atom is 0.410 e. The van der Waals surface area contributed by atoms with Crippen LogP contribution in [0.25, 0.3) is 0 Å². The summed E-state index contributed by atoms with van der Waals surface area (Å²) in [6, 6.07) is 3.92. The molecule has 0 spiro atoms. The van der Waals surface area contributed by atoms with E-state index in [4.69, 9.17) is 4.74 Å². The van der Waals surface area contributed by atoms with Crippen LogP contribution in [0.5, 0.6) is 0 Å². The van der Waals surface area contributed by atoms with Crippen molar-refractivity contribution in [2.45, 2.75) is 71.9 Å². The second kappa shape index (κ2) is 10.1. The summed E-state index contributed by atoms with van der Waals surface area (Å²) in [7, 11) is 0. The van der Waals surface area contributed by atoms with Crippen molar-refractivity contribution in [1.29, 1.82) is 0 Å². The summed E-state index contributed by atoms with van der Waals surface area (Å²) in [4.78, 5) is 27.4. The molecule has 1 fully saturated rings. The monoisotopic (exact) mass is 472 g/mol. The van der Waals surface area contributed by atoms with Crippen molar-refractivity contribution in [2.75, 3.05) is 13.1 Å². The molecule has 0 aromatic carbocycles. The van der Waals surface area contributed by atoms with Crippen molar-refractivity contribution in [3.63, 3.8) is 0 Å². The van der Waals surface area contributed by atoms with Crippen LogP contribution in [0.3, 0.4) is 0 Å². The van der Waals surface area contributed by atoms with E-state index in [1.165, 1.54) is 11.3 Å². The molecule has 0 bridgehead atoms. The van der Waals surface area contributed by atoms with Crippen LogP contribution in [0, 0.1) is 11.8 Å². The standard InChI is InChI=1S/C21H33BrN2O3S/c1-14(2)12-16(23-19(25)17-6-7-18(22)28-17)13-15-8-10-24(11-9-15)20(26)27-21(3,4)5/h6-7,14-16H,8-13H2,1-5H3,(H,23,25). The highest BCUT2D eigenvalue weighted by Crippen LogP contribution is 2.26. The molecule has 2 amide bonds. The Labute approximate surface area is 181 Å². The molecule has 28 heavy (non-hydrogen) atoms. The first kappa shape index (κ1) is 23.2. The first-order valence-electron chi connectivity index (χ1n) is 10.1. The molecule has 1 unspecified atom stereocenters. The van der Waals surface area contributed by atoms with Gasteiger partial charge in [0.25, 0.3) is 5.91 Å². The first-order chi connectivity index (χ1) is 13.0. The Hall–Kier alpha value is -1.08. The lowest BCUT2D eigenvalue weighted by Gasteiger charge is -2.35. The van der Waals surface area contributed by atoms with Crippen LogP contribution in [0.15, 0.2) is 15.9 Å². The zero-order chi connectivity index (χ0) is 20.9. The molecule has 5 nitrogen and oxygen atoms in total. The van der Waals surface area contributed by atoms with Crippen LogP contribution in [-0.4, -0.2) is 41.6 Å². The molecule has 158 valence electrons. The molecule has 1 aliphatic rings. The van der Waals surface area contributed by atoms with E-state index in [0.29, 0.717) is 11.8 Å². The third-order valence-electron chi connectivity index (χ3n) is 4.77. The van der Waals surface area contributed by atoms with E-state index in [2.05, 4.69) is 35.1 Å². The summed E-state index contributed by atoms with van der Waals surface area (Å²) >= 11 is 4.88. The predicted octanol–water partition coefficient (Wildman–Crippen LogP) is 5.69. The molecule has 2 heterocycles. The van der Waals surface area contributed by atoms with E-state index in [-0.39, 0.29) is 18.0 Å². The third kappa shape index (κ3) is 7.74. The molecule has 7 heteroatoms. The Morgan fingerprint density at radius 3 is 2.43 bits per heavy atom. The van der Waals surface area contributed by atoms with E-state index in [0.717, 1.165) is 47.4 Å². The fourth-order valence-electron chi connectivity index (χ4n) is 3.56. The number of ether oxygens (including phenoxy) is 1.